The van der Waals surface area contributed by atoms with Gasteiger partial charge in [0, 0.05) is 12.1 Å². The van der Waals surface area contributed by atoms with Crippen molar-refractivity contribution in [2.45, 2.75) is 0 Å². The van der Waals surface area contributed by atoms with Crippen molar-refractivity contribution < 1.29 is 19.7 Å². The van der Waals surface area contributed by atoms with E-state index < -0.39 is 5.97 Å². The molecule has 0 aliphatic carbocycles. The minimum Gasteiger partial charge on any atom is -0.508 e. The van der Waals surface area contributed by atoms with Crippen LogP contribution in [0.5, 0.6) is 11.6 Å². The van der Waals surface area contributed by atoms with Crippen molar-refractivity contribution in [3.63, 3.8) is 0 Å². The van der Waals surface area contributed by atoms with Gasteiger partial charge in [-0.1, -0.05) is 6.07 Å². The summed E-state index contributed by atoms with van der Waals surface area (Å²) in [6.45, 7) is 0. The van der Waals surface area contributed by atoms with E-state index in [1.807, 2.05) is 0 Å². The molecular weight excluding hydrogens is 224 g/mol. The van der Waals surface area contributed by atoms with Gasteiger partial charge in [0.25, 0.3) is 0 Å². The molecule has 1 heterocycles. The molecule has 6 nitrogen and oxygen atoms in total. The van der Waals surface area contributed by atoms with Gasteiger partial charge in [0.05, 0.1) is 12.8 Å². The number of phenols is 1. The number of aromatic hydroxyl groups is 1. The van der Waals surface area contributed by atoms with Gasteiger partial charge in [-0.05, 0) is 12.1 Å². The first-order valence-corrected chi connectivity index (χ1v) is 4.78. The Bertz CT molecular complexity index is 562. The molecule has 0 saturated heterocycles. The van der Waals surface area contributed by atoms with Crippen LogP contribution in [-0.4, -0.2) is 33.1 Å². The number of aromatic nitrogens is 2. The number of hydrogen-bond donors (Lipinski definition) is 2. The van der Waals surface area contributed by atoms with Gasteiger partial charge in [-0.2, -0.15) is 0 Å². The second kappa shape index (κ2) is 4.17. The third kappa shape index (κ3) is 2.05. The number of benzene rings is 1. The monoisotopic (exact) mass is 234 g/mol. The lowest BCUT2D eigenvalue weighted by Gasteiger charge is -2.04. The average molecular weight is 234 g/mol. The number of aromatic carboxylic acids is 1. The number of phenolic OH excluding ortho intramolecular Hbond substituents is 1. The Morgan fingerprint density at radius 1 is 1.41 bits per heavy atom. The lowest BCUT2D eigenvalue weighted by molar-refractivity contribution is 0.0687. The maximum absolute atomic E-state index is 11.0. The van der Waals surface area contributed by atoms with E-state index in [1.54, 1.807) is 12.1 Å². The van der Waals surface area contributed by atoms with Crippen LogP contribution in [0.1, 0.15) is 10.5 Å². The van der Waals surface area contributed by atoms with Gasteiger partial charge in [-0.3, -0.25) is 0 Å². The van der Waals surface area contributed by atoms with Crippen LogP contribution in [0.15, 0.2) is 30.3 Å². The average Bonchev–Trinajstić information content (AvgIpc) is 2.73. The fraction of sp³-hybridized carbons (Fsp3) is 0.0909. The molecule has 1 aromatic heterocycles. The number of carboxylic acid groups (broad SMARTS) is 1. The van der Waals surface area contributed by atoms with Crippen LogP contribution in [-0.2, 0) is 0 Å². The van der Waals surface area contributed by atoms with Gasteiger partial charge >= 0.3 is 5.97 Å². The van der Waals surface area contributed by atoms with Gasteiger partial charge < -0.3 is 14.9 Å². The van der Waals surface area contributed by atoms with E-state index in [1.165, 1.54) is 30.0 Å². The number of hydrogen-bond acceptors (Lipinski definition) is 4. The summed E-state index contributed by atoms with van der Waals surface area (Å²) < 4.78 is 6.07. The molecule has 0 atom stereocenters. The molecule has 17 heavy (non-hydrogen) atoms. The molecule has 0 saturated carbocycles. The third-order valence-corrected chi connectivity index (χ3v) is 2.19. The van der Waals surface area contributed by atoms with E-state index in [2.05, 4.69) is 5.10 Å². The smallest absolute Gasteiger partial charge is 0.354 e. The highest BCUT2D eigenvalue weighted by atomic mass is 16.5. The van der Waals surface area contributed by atoms with Crippen LogP contribution in [0.25, 0.3) is 5.69 Å². The predicted octanol–water partition coefficient (Wildman–Crippen LogP) is 1.28. The Hall–Kier alpha value is -2.50. The van der Waals surface area contributed by atoms with Crippen LogP contribution >= 0.6 is 0 Å². The van der Waals surface area contributed by atoms with E-state index in [-0.39, 0.29) is 17.3 Å². The molecule has 0 spiro atoms. The molecule has 0 fully saturated rings. The highest BCUT2D eigenvalue weighted by molar-refractivity contribution is 5.86. The zero-order chi connectivity index (χ0) is 12.4. The third-order valence-electron chi connectivity index (χ3n) is 2.19. The fourth-order valence-electron chi connectivity index (χ4n) is 1.43. The zero-order valence-corrected chi connectivity index (χ0v) is 8.99. The van der Waals surface area contributed by atoms with E-state index in [9.17, 15) is 9.90 Å². The zero-order valence-electron chi connectivity index (χ0n) is 8.99. The summed E-state index contributed by atoms with van der Waals surface area (Å²) in [4.78, 5) is 11.0. The molecule has 0 aliphatic rings. The van der Waals surface area contributed by atoms with Crippen molar-refractivity contribution in [3.05, 3.63) is 36.0 Å². The summed E-state index contributed by atoms with van der Waals surface area (Å²) in [5, 5.41) is 22.3. The Labute approximate surface area is 96.7 Å². The number of nitrogens with zero attached hydrogens (tertiary/aromatic N) is 2. The van der Waals surface area contributed by atoms with Gasteiger partial charge in [-0.15, -0.1) is 5.10 Å². The topological polar surface area (TPSA) is 84.6 Å². The molecule has 0 bridgehead atoms. The van der Waals surface area contributed by atoms with E-state index >= 15 is 0 Å². The predicted molar refractivity (Wildman–Crippen MR) is 58.7 cm³/mol. The Morgan fingerprint density at radius 3 is 2.76 bits per heavy atom. The number of carboxylic acids is 1. The molecule has 2 N–H and O–H groups in total. The maximum atomic E-state index is 11.0. The number of rotatable bonds is 3. The molecule has 2 aromatic rings. The highest BCUT2D eigenvalue weighted by Gasteiger charge is 2.16. The molecule has 6 heteroatoms. The molecule has 1 aromatic carbocycles. The Balaban J connectivity index is 2.57. The summed E-state index contributed by atoms with van der Waals surface area (Å²) in [5.41, 5.74) is 0.415. The number of ether oxygens (including phenoxy) is 1. The van der Waals surface area contributed by atoms with Crippen molar-refractivity contribution in [3.8, 4) is 17.3 Å². The van der Waals surface area contributed by atoms with Crippen LogP contribution in [0.3, 0.4) is 0 Å². The van der Waals surface area contributed by atoms with Crippen molar-refractivity contribution in [1.82, 2.24) is 9.78 Å². The van der Waals surface area contributed by atoms with Gasteiger partial charge in [0.2, 0.25) is 5.88 Å². The second-order valence-electron chi connectivity index (χ2n) is 3.31. The van der Waals surface area contributed by atoms with Crippen molar-refractivity contribution in [1.29, 1.82) is 0 Å². The summed E-state index contributed by atoms with van der Waals surface area (Å²) in [5.74, 6) is -0.886. The Kier molecular flexibility index (Phi) is 2.70. The van der Waals surface area contributed by atoms with Crippen LogP contribution in [0.2, 0.25) is 0 Å². The molecular formula is C11H10N2O4. The lowest BCUT2D eigenvalue weighted by Crippen LogP contribution is -2.07. The standard InChI is InChI=1S/C11H10N2O4/c1-17-10-6-9(11(15)16)13(12-10)7-3-2-4-8(14)5-7/h2-6,14H,1H3,(H,15,16). The summed E-state index contributed by atoms with van der Waals surface area (Å²) in [6.07, 6.45) is 0. The van der Waals surface area contributed by atoms with Gasteiger partial charge in [0.15, 0.2) is 5.69 Å². The minimum atomic E-state index is -1.12. The van der Waals surface area contributed by atoms with E-state index in [0.29, 0.717) is 5.69 Å². The quantitative estimate of drug-likeness (QED) is 0.835. The van der Waals surface area contributed by atoms with Crippen LogP contribution in [0.4, 0.5) is 0 Å². The molecule has 0 amide bonds. The van der Waals surface area contributed by atoms with E-state index in [4.69, 9.17) is 9.84 Å². The highest BCUT2D eigenvalue weighted by Crippen LogP contribution is 2.20. The molecule has 2 rings (SSSR count). The van der Waals surface area contributed by atoms with Crippen molar-refractivity contribution in [2.75, 3.05) is 7.11 Å². The Morgan fingerprint density at radius 2 is 2.18 bits per heavy atom. The fourth-order valence-corrected chi connectivity index (χ4v) is 1.43. The molecule has 0 radical (unpaired) electrons. The summed E-state index contributed by atoms with van der Waals surface area (Å²) in [6, 6.07) is 7.46. The molecule has 88 valence electrons. The van der Waals surface area contributed by atoms with Gasteiger partial charge in [-0.25, -0.2) is 9.48 Å². The lowest BCUT2D eigenvalue weighted by atomic mass is 10.3. The van der Waals surface area contributed by atoms with Crippen LogP contribution < -0.4 is 4.74 Å². The first kappa shape index (κ1) is 11.0. The number of methoxy groups -OCH3 is 1. The van der Waals surface area contributed by atoms with E-state index in [0.717, 1.165) is 0 Å². The van der Waals surface area contributed by atoms with Crippen LogP contribution in [0, 0.1) is 0 Å². The largest absolute Gasteiger partial charge is 0.508 e. The maximum Gasteiger partial charge on any atom is 0.354 e. The molecule has 0 aliphatic heterocycles. The second-order valence-corrected chi connectivity index (χ2v) is 3.31. The first-order chi connectivity index (χ1) is 8.11. The first-order valence-electron chi connectivity index (χ1n) is 4.78. The summed E-state index contributed by atoms with van der Waals surface area (Å²) >= 11 is 0. The van der Waals surface area contributed by atoms with Gasteiger partial charge in [0.1, 0.15) is 5.75 Å². The molecule has 0 unspecified atom stereocenters. The SMILES string of the molecule is COc1cc(C(=O)O)n(-c2cccc(O)c2)n1. The number of carbonyl (C=O) groups is 1. The van der Waals surface area contributed by atoms with Crippen molar-refractivity contribution >= 4 is 5.97 Å². The summed E-state index contributed by atoms with van der Waals surface area (Å²) in [7, 11) is 1.40. The normalized spacial score (nSPS) is 10.2. The minimum absolute atomic E-state index is 0.0348. The van der Waals surface area contributed by atoms with Crippen molar-refractivity contribution in [2.24, 2.45) is 0 Å².